The Labute approximate surface area is 114 Å². The fourth-order valence-corrected chi connectivity index (χ4v) is 1.37. The molecule has 19 heavy (non-hydrogen) atoms. The van der Waals surface area contributed by atoms with Gasteiger partial charge < -0.3 is 15.2 Å². The molecule has 0 radical (unpaired) electrons. The van der Waals surface area contributed by atoms with Crippen molar-refractivity contribution in [3.8, 4) is 0 Å². The van der Waals surface area contributed by atoms with Crippen molar-refractivity contribution in [1.82, 2.24) is 0 Å². The summed E-state index contributed by atoms with van der Waals surface area (Å²) in [6, 6.07) is 7.29. The van der Waals surface area contributed by atoms with Crippen molar-refractivity contribution in [3.05, 3.63) is 35.9 Å². The first-order valence-corrected chi connectivity index (χ1v) is 6.18. The number of benzene rings is 1. The lowest BCUT2D eigenvalue weighted by atomic mass is 10.1. The summed E-state index contributed by atoms with van der Waals surface area (Å²) < 4.78 is 10.3. The van der Waals surface area contributed by atoms with Gasteiger partial charge in [-0.2, -0.15) is 0 Å². The van der Waals surface area contributed by atoms with Crippen molar-refractivity contribution in [2.24, 2.45) is 0 Å². The van der Waals surface area contributed by atoms with Gasteiger partial charge in [-0.1, -0.05) is 12.1 Å². The molecule has 1 aromatic carbocycles. The van der Waals surface area contributed by atoms with Gasteiger partial charge in [0.2, 0.25) is 0 Å². The maximum atomic E-state index is 11.5. The number of esters is 1. The van der Waals surface area contributed by atoms with Gasteiger partial charge in [-0.25, -0.2) is 4.79 Å². The minimum absolute atomic E-state index is 0.280. The van der Waals surface area contributed by atoms with Gasteiger partial charge in [-0.05, 0) is 37.6 Å². The van der Waals surface area contributed by atoms with Crippen LogP contribution in [0.2, 0.25) is 0 Å². The van der Waals surface area contributed by atoms with Crippen molar-refractivity contribution < 1.29 is 14.3 Å². The molecule has 0 amide bonds. The van der Waals surface area contributed by atoms with Gasteiger partial charge in [0.05, 0.1) is 12.2 Å². The van der Waals surface area contributed by atoms with Crippen LogP contribution in [0.4, 0.5) is 5.69 Å². The molecule has 2 N–H and O–H groups in total. The summed E-state index contributed by atoms with van der Waals surface area (Å²) in [5.74, 6) is -0.366. The highest BCUT2D eigenvalue weighted by molar-refractivity contribution is 5.87. The van der Waals surface area contributed by atoms with Gasteiger partial charge in [-0.15, -0.1) is 0 Å². The number of nitrogen functional groups attached to an aromatic ring is 1. The van der Waals surface area contributed by atoms with Crippen molar-refractivity contribution in [2.45, 2.75) is 25.9 Å². The fraction of sp³-hybridized carbons (Fsp3) is 0.400. The highest BCUT2D eigenvalue weighted by Gasteiger charge is 2.16. The van der Waals surface area contributed by atoms with E-state index in [1.807, 2.05) is 26.0 Å². The topological polar surface area (TPSA) is 61.5 Å². The van der Waals surface area contributed by atoms with Crippen molar-refractivity contribution in [1.29, 1.82) is 0 Å². The van der Waals surface area contributed by atoms with E-state index in [0.717, 1.165) is 5.56 Å². The molecule has 0 saturated heterocycles. The standard InChI is InChI=1S/C15H21NO3/c1-15(2,18-3)9-10-19-14(17)8-7-12-5-4-6-13(16)11-12/h4-8,11H,9-10,16H2,1-3H3/b8-7+. The molecular weight excluding hydrogens is 242 g/mol. The second-order valence-electron chi connectivity index (χ2n) is 4.88. The number of carbonyl (C=O) groups is 1. The van der Waals surface area contributed by atoms with E-state index in [4.69, 9.17) is 15.2 Å². The maximum absolute atomic E-state index is 11.5. The molecule has 0 aliphatic rings. The Morgan fingerprint density at radius 3 is 2.79 bits per heavy atom. The van der Waals surface area contributed by atoms with Crippen LogP contribution in [0.3, 0.4) is 0 Å². The van der Waals surface area contributed by atoms with Crippen LogP contribution in [0.25, 0.3) is 6.08 Å². The van der Waals surface area contributed by atoms with Gasteiger partial charge in [0.25, 0.3) is 0 Å². The molecule has 4 nitrogen and oxygen atoms in total. The summed E-state index contributed by atoms with van der Waals surface area (Å²) in [5.41, 5.74) is 6.90. The molecule has 0 heterocycles. The predicted molar refractivity (Wildman–Crippen MR) is 76.6 cm³/mol. The molecule has 0 aliphatic carbocycles. The van der Waals surface area contributed by atoms with E-state index in [9.17, 15) is 4.79 Å². The van der Waals surface area contributed by atoms with Crippen molar-refractivity contribution in [2.75, 3.05) is 19.5 Å². The van der Waals surface area contributed by atoms with E-state index in [1.54, 1.807) is 25.3 Å². The quantitative estimate of drug-likeness (QED) is 0.487. The van der Waals surface area contributed by atoms with E-state index < -0.39 is 0 Å². The molecule has 0 aliphatic heterocycles. The molecule has 104 valence electrons. The Bertz CT molecular complexity index is 452. The lowest BCUT2D eigenvalue weighted by molar-refractivity contribution is -0.139. The number of hydrogen-bond donors (Lipinski definition) is 1. The first kappa shape index (κ1) is 15.2. The monoisotopic (exact) mass is 263 g/mol. The zero-order chi connectivity index (χ0) is 14.3. The molecule has 0 spiro atoms. The van der Waals surface area contributed by atoms with E-state index in [2.05, 4.69) is 0 Å². The highest BCUT2D eigenvalue weighted by Crippen LogP contribution is 2.12. The lowest BCUT2D eigenvalue weighted by Crippen LogP contribution is -2.25. The number of rotatable bonds is 6. The number of nitrogens with two attached hydrogens (primary N) is 1. The van der Waals surface area contributed by atoms with E-state index in [-0.39, 0.29) is 11.6 Å². The van der Waals surface area contributed by atoms with Crippen LogP contribution in [0.5, 0.6) is 0 Å². The first-order valence-electron chi connectivity index (χ1n) is 6.18. The van der Waals surface area contributed by atoms with Gasteiger partial charge in [0.1, 0.15) is 0 Å². The minimum atomic E-state index is -0.366. The Kier molecular flexibility index (Phi) is 5.57. The summed E-state index contributed by atoms with van der Waals surface area (Å²) in [6.45, 7) is 4.23. The van der Waals surface area contributed by atoms with Crippen LogP contribution >= 0.6 is 0 Å². The van der Waals surface area contributed by atoms with Gasteiger partial charge in [0.15, 0.2) is 0 Å². The molecule has 0 atom stereocenters. The third-order valence-corrected chi connectivity index (χ3v) is 2.82. The van der Waals surface area contributed by atoms with E-state index >= 15 is 0 Å². The van der Waals surface area contributed by atoms with Crippen molar-refractivity contribution in [3.63, 3.8) is 0 Å². The third kappa shape index (κ3) is 6.06. The predicted octanol–water partition coefficient (Wildman–Crippen LogP) is 2.64. The second kappa shape index (κ2) is 6.95. The third-order valence-electron chi connectivity index (χ3n) is 2.82. The summed E-state index contributed by atoms with van der Waals surface area (Å²) in [6.07, 6.45) is 3.73. The highest BCUT2D eigenvalue weighted by atomic mass is 16.5. The molecule has 1 rings (SSSR count). The average Bonchev–Trinajstić information content (AvgIpc) is 2.36. The van der Waals surface area contributed by atoms with Crippen LogP contribution < -0.4 is 5.73 Å². The van der Waals surface area contributed by atoms with E-state index in [0.29, 0.717) is 18.7 Å². The normalized spacial score (nSPS) is 11.7. The summed E-state index contributed by atoms with van der Waals surface area (Å²) in [7, 11) is 1.64. The summed E-state index contributed by atoms with van der Waals surface area (Å²) in [4.78, 5) is 11.5. The zero-order valence-electron chi connectivity index (χ0n) is 11.7. The molecule has 1 aromatic rings. The molecule has 0 saturated carbocycles. The Morgan fingerprint density at radius 1 is 1.42 bits per heavy atom. The number of ether oxygens (including phenoxy) is 2. The first-order chi connectivity index (χ1) is 8.93. The lowest BCUT2D eigenvalue weighted by Gasteiger charge is -2.21. The van der Waals surface area contributed by atoms with E-state index in [1.165, 1.54) is 6.08 Å². The van der Waals surface area contributed by atoms with Crippen LogP contribution in [0.15, 0.2) is 30.3 Å². The molecule has 0 fully saturated rings. The van der Waals surface area contributed by atoms with Gasteiger partial charge in [0, 0.05) is 25.3 Å². The minimum Gasteiger partial charge on any atom is -0.462 e. The summed E-state index contributed by atoms with van der Waals surface area (Å²) >= 11 is 0. The molecule has 0 unspecified atom stereocenters. The smallest absolute Gasteiger partial charge is 0.330 e. The van der Waals surface area contributed by atoms with Crippen LogP contribution in [0, 0.1) is 0 Å². The van der Waals surface area contributed by atoms with Crippen LogP contribution in [0.1, 0.15) is 25.8 Å². The largest absolute Gasteiger partial charge is 0.462 e. The Balaban J connectivity index is 2.39. The number of anilines is 1. The van der Waals surface area contributed by atoms with Gasteiger partial charge >= 0.3 is 5.97 Å². The second-order valence-corrected chi connectivity index (χ2v) is 4.88. The number of hydrogen-bond acceptors (Lipinski definition) is 4. The van der Waals surface area contributed by atoms with Crippen LogP contribution in [-0.2, 0) is 14.3 Å². The van der Waals surface area contributed by atoms with Gasteiger partial charge in [-0.3, -0.25) is 0 Å². The zero-order valence-corrected chi connectivity index (χ0v) is 11.7. The number of methoxy groups -OCH3 is 1. The van der Waals surface area contributed by atoms with Crippen LogP contribution in [-0.4, -0.2) is 25.3 Å². The Morgan fingerprint density at radius 2 is 2.16 bits per heavy atom. The maximum Gasteiger partial charge on any atom is 0.330 e. The molecule has 0 bridgehead atoms. The summed E-state index contributed by atoms with van der Waals surface area (Å²) in [5, 5.41) is 0. The molecular formula is C15H21NO3. The number of carbonyl (C=O) groups excluding carboxylic acids is 1. The SMILES string of the molecule is COC(C)(C)CCOC(=O)/C=C/c1cccc(N)c1. The van der Waals surface area contributed by atoms with Crippen molar-refractivity contribution >= 4 is 17.7 Å². The molecule has 0 aromatic heterocycles. The fourth-order valence-electron chi connectivity index (χ4n) is 1.37. The molecule has 4 heteroatoms. The Hall–Kier alpha value is -1.81. The average molecular weight is 263 g/mol.